The zero-order valence-electron chi connectivity index (χ0n) is 11.9. The van der Waals surface area contributed by atoms with Crippen molar-refractivity contribution in [2.75, 3.05) is 6.54 Å². The van der Waals surface area contributed by atoms with Crippen LogP contribution in [0, 0.1) is 11.3 Å². The predicted octanol–water partition coefficient (Wildman–Crippen LogP) is 3.03. The number of nitrogens with zero attached hydrogens (tertiary/aromatic N) is 2. The number of benzene rings is 1. The molecule has 0 aromatic heterocycles. The zero-order valence-corrected chi connectivity index (χ0v) is 11.9. The average Bonchev–Trinajstić information content (AvgIpc) is 2.52. The van der Waals surface area contributed by atoms with Gasteiger partial charge in [-0.2, -0.15) is 5.26 Å². The van der Waals surface area contributed by atoms with Crippen LogP contribution < -0.4 is 5.32 Å². The molecular weight excluding hydrogens is 250 g/mol. The molecule has 4 nitrogen and oxygen atoms in total. The van der Waals surface area contributed by atoms with E-state index in [0.717, 1.165) is 31.4 Å². The maximum atomic E-state index is 12.2. The number of urea groups is 1. The van der Waals surface area contributed by atoms with Gasteiger partial charge in [-0.25, -0.2) is 4.79 Å². The number of carbonyl (C=O) groups is 1. The van der Waals surface area contributed by atoms with Crippen LogP contribution in [0.1, 0.15) is 43.7 Å². The van der Waals surface area contributed by atoms with Crippen molar-refractivity contribution in [1.29, 1.82) is 5.26 Å². The third kappa shape index (κ3) is 3.51. The summed E-state index contributed by atoms with van der Waals surface area (Å²) in [6.45, 7) is 3.45. The maximum Gasteiger partial charge on any atom is 0.317 e. The second-order valence-electron chi connectivity index (χ2n) is 5.22. The van der Waals surface area contributed by atoms with Gasteiger partial charge in [0.05, 0.1) is 11.6 Å². The topological polar surface area (TPSA) is 56.1 Å². The summed E-state index contributed by atoms with van der Waals surface area (Å²) < 4.78 is 0. The van der Waals surface area contributed by atoms with Crippen LogP contribution in [0.25, 0.3) is 0 Å². The highest BCUT2D eigenvalue weighted by molar-refractivity contribution is 5.74. The molecule has 1 unspecified atom stereocenters. The van der Waals surface area contributed by atoms with Crippen LogP contribution in [0.2, 0.25) is 0 Å². The molecule has 20 heavy (non-hydrogen) atoms. The Morgan fingerprint density at radius 2 is 2.35 bits per heavy atom. The first kappa shape index (κ1) is 14.4. The van der Waals surface area contributed by atoms with E-state index in [4.69, 9.17) is 5.26 Å². The molecule has 0 radical (unpaired) electrons. The molecule has 1 heterocycles. The lowest BCUT2D eigenvalue weighted by Crippen LogP contribution is -2.48. The molecule has 1 atom stereocenters. The van der Waals surface area contributed by atoms with E-state index in [1.807, 2.05) is 23.1 Å². The van der Waals surface area contributed by atoms with Crippen LogP contribution in [0.3, 0.4) is 0 Å². The highest BCUT2D eigenvalue weighted by Gasteiger charge is 2.24. The fourth-order valence-corrected chi connectivity index (χ4v) is 2.72. The van der Waals surface area contributed by atoms with E-state index in [-0.39, 0.29) is 6.03 Å². The highest BCUT2D eigenvalue weighted by Crippen LogP contribution is 2.19. The molecule has 1 saturated heterocycles. The lowest BCUT2D eigenvalue weighted by atomic mass is 10.0. The van der Waals surface area contributed by atoms with Gasteiger partial charge in [-0.15, -0.1) is 0 Å². The van der Waals surface area contributed by atoms with Gasteiger partial charge >= 0.3 is 6.03 Å². The third-order valence-corrected chi connectivity index (χ3v) is 3.86. The monoisotopic (exact) mass is 271 g/mol. The minimum atomic E-state index is 0.0129. The maximum absolute atomic E-state index is 12.2. The summed E-state index contributed by atoms with van der Waals surface area (Å²) in [6, 6.07) is 9.84. The standard InChI is InChI=1S/C16H21N3O/c1-2-15-8-3-4-9-19(15)16(20)18-12-14-7-5-6-13(10-14)11-17/h5-7,10,15H,2-4,8-9,12H2,1H3,(H,18,20). The molecule has 106 valence electrons. The van der Waals surface area contributed by atoms with E-state index in [1.165, 1.54) is 6.42 Å². The van der Waals surface area contributed by atoms with Gasteiger partial charge in [0.2, 0.25) is 0 Å². The van der Waals surface area contributed by atoms with E-state index >= 15 is 0 Å². The number of piperidine rings is 1. The summed E-state index contributed by atoms with van der Waals surface area (Å²) in [7, 11) is 0. The Labute approximate surface area is 120 Å². The van der Waals surface area contributed by atoms with Crippen molar-refractivity contribution in [1.82, 2.24) is 10.2 Å². The molecule has 2 amide bonds. The van der Waals surface area contributed by atoms with Crippen molar-refractivity contribution in [3.8, 4) is 6.07 Å². The SMILES string of the molecule is CCC1CCCCN1C(=O)NCc1cccc(C#N)c1. The molecule has 1 aliphatic rings. The summed E-state index contributed by atoms with van der Waals surface area (Å²) in [4.78, 5) is 14.2. The van der Waals surface area contributed by atoms with Gasteiger partial charge in [0.25, 0.3) is 0 Å². The van der Waals surface area contributed by atoms with E-state index in [9.17, 15) is 4.79 Å². The Hall–Kier alpha value is -2.02. The van der Waals surface area contributed by atoms with E-state index in [0.29, 0.717) is 18.2 Å². The first-order chi connectivity index (χ1) is 9.74. The Morgan fingerprint density at radius 3 is 3.10 bits per heavy atom. The normalized spacial score (nSPS) is 18.4. The number of rotatable bonds is 3. The summed E-state index contributed by atoms with van der Waals surface area (Å²) in [5.74, 6) is 0. The van der Waals surface area contributed by atoms with E-state index in [1.54, 1.807) is 6.07 Å². The predicted molar refractivity (Wildman–Crippen MR) is 78.0 cm³/mol. The second kappa shape index (κ2) is 6.95. The third-order valence-electron chi connectivity index (χ3n) is 3.86. The molecule has 4 heteroatoms. The van der Waals surface area contributed by atoms with Gasteiger partial charge in [-0.1, -0.05) is 19.1 Å². The van der Waals surface area contributed by atoms with Crippen LogP contribution in [-0.4, -0.2) is 23.5 Å². The van der Waals surface area contributed by atoms with Crippen molar-refractivity contribution in [2.45, 2.75) is 45.2 Å². The van der Waals surface area contributed by atoms with Crippen molar-refractivity contribution < 1.29 is 4.79 Å². The Morgan fingerprint density at radius 1 is 1.50 bits per heavy atom. The lowest BCUT2D eigenvalue weighted by molar-refractivity contribution is 0.148. The number of nitriles is 1. The van der Waals surface area contributed by atoms with Gasteiger partial charge in [-0.05, 0) is 43.4 Å². The molecule has 1 aromatic rings. The number of amides is 2. The van der Waals surface area contributed by atoms with Gasteiger partial charge < -0.3 is 10.2 Å². The fraction of sp³-hybridized carbons (Fsp3) is 0.500. The molecule has 2 rings (SSSR count). The highest BCUT2D eigenvalue weighted by atomic mass is 16.2. The molecule has 0 aliphatic carbocycles. The van der Waals surface area contributed by atoms with Gasteiger partial charge in [0.1, 0.15) is 0 Å². The van der Waals surface area contributed by atoms with Crippen LogP contribution in [-0.2, 0) is 6.54 Å². The first-order valence-electron chi connectivity index (χ1n) is 7.28. The largest absolute Gasteiger partial charge is 0.334 e. The Bertz CT molecular complexity index is 507. The minimum Gasteiger partial charge on any atom is -0.334 e. The molecule has 1 fully saturated rings. The summed E-state index contributed by atoms with van der Waals surface area (Å²) >= 11 is 0. The fourth-order valence-electron chi connectivity index (χ4n) is 2.72. The summed E-state index contributed by atoms with van der Waals surface area (Å²) in [6.07, 6.45) is 4.42. The molecule has 0 bridgehead atoms. The van der Waals surface area contributed by atoms with Gasteiger partial charge in [0.15, 0.2) is 0 Å². The molecule has 1 N–H and O–H groups in total. The van der Waals surface area contributed by atoms with E-state index in [2.05, 4.69) is 18.3 Å². The minimum absolute atomic E-state index is 0.0129. The van der Waals surface area contributed by atoms with Crippen molar-refractivity contribution in [3.63, 3.8) is 0 Å². The molecule has 0 saturated carbocycles. The lowest BCUT2D eigenvalue weighted by Gasteiger charge is -2.35. The molecule has 1 aromatic carbocycles. The van der Waals surface area contributed by atoms with Gasteiger partial charge in [-0.3, -0.25) is 0 Å². The average molecular weight is 271 g/mol. The van der Waals surface area contributed by atoms with Crippen molar-refractivity contribution in [2.24, 2.45) is 0 Å². The quantitative estimate of drug-likeness (QED) is 0.918. The smallest absolute Gasteiger partial charge is 0.317 e. The van der Waals surface area contributed by atoms with Crippen LogP contribution >= 0.6 is 0 Å². The number of carbonyl (C=O) groups excluding carboxylic acids is 1. The Balaban J connectivity index is 1.92. The molecular formula is C16H21N3O. The molecule has 1 aliphatic heterocycles. The Kier molecular flexibility index (Phi) is 5.00. The summed E-state index contributed by atoms with van der Waals surface area (Å²) in [5.41, 5.74) is 1.59. The van der Waals surface area contributed by atoms with Crippen molar-refractivity contribution >= 4 is 6.03 Å². The number of nitrogens with one attached hydrogen (secondary N) is 1. The number of hydrogen-bond acceptors (Lipinski definition) is 2. The van der Waals surface area contributed by atoms with Crippen LogP contribution in [0.15, 0.2) is 24.3 Å². The van der Waals surface area contributed by atoms with Crippen LogP contribution in [0.5, 0.6) is 0 Å². The second-order valence-corrected chi connectivity index (χ2v) is 5.22. The zero-order chi connectivity index (χ0) is 14.4. The van der Waals surface area contributed by atoms with Crippen molar-refractivity contribution in [3.05, 3.63) is 35.4 Å². The van der Waals surface area contributed by atoms with E-state index < -0.39 is 0 Å². The number of hydrogen-bond donors (Lipinski definition) is 1. The molecule has 0 spiro atoms. The first-order valence-corrected chi connectivity index (χ1v) is 7.28. The number of likely N-dealkylation sites (tertiary alicyclic amines) is 1. The summed E-state index contributed by atoms with van der Waals surface area (Å²) in [5, 5.41) is 11.8. The van der Waals surface area contributed by atoms with Gasteiger partial charge in [0, 0.05) is 19.1 Å². The van der Waals surface area contributed by atoms with Crippen LogP contribution in [0.4, 0.5) is 4.79 Å².